The molecular formula is C8H7O3SZn. The van der Waals surface area contributed by atoms with Gasteiger partial charge in [-0.3, -0.25) is 0 Å². The second kappa shape index (κ2) is 4.54. The number of rotatable bonds is 3. The van der Waals surface area contributed by atoms with Gasteiger partial charge in [-0.25, -0.2) is 0 Å². The van der Waals surface area contributed by atoms with Crippen molar-refractivity contribution in [3.63, 3.8) is 0 Å². The van der Waals surface area contributed by atoms with E-state index in [9.17, 15) is 8.42 Å². The summed E-state index contributed by atoms with van der Waals surface area (Å²) in [5.74, 6) is 0. The summed E-state index contributed by atoms with van der Waals surface area (Å²) >= 11 is 0.103. The molecule has 0 N–H and O–H groups in total. The zero-order valence-electron chi connectivity index (χ0n) is 6.88. The van der Waals surface area contributed by atoms with Crippen molar-refractivity contribution in [3.05, 3.63) is 42.2 Å². The average molecular weight is 249 g/mol. The van der Waals surface area contributed by atoms with Crippen LogP contribution in [0.3, 0.4) is 0 Å². The van der Waals surface area contributed by atoms with E-state index in [4.69, 9.17) is 0 Å². The molecule has 0 aliphatic heterocycles. The minimum absolute atomic E-state index is 0.103. The van der Waals surface area contributed by atoms with Gasteiger partial charge in [-0.2, -0.15) is 0 Å². The molecule has 0 bridgehead atoms. The van der Waals surface area contributed by atoms with Crippen molar-refractivity contribution in [2.24, 2.45) is 0 Å². The van der Waals surface area contributed by atoms with Gasteiger partial charge in [-0.05, 0) is 0 Å². The van der Waals surface area contributed by atoms with Crippen LogP contribution < -0.4 is 0 Å². The van der Waals surface area contributed by atoms with Crippen LogP contribution in [0.25, 0.3) is 6.08 Å². The van der Waals surface area contributed by atoms with Crippen LogP contribution in [0.4, 0.5) is 0 Å². The van der Waals surface area contributed by atoms with Gasteiger partial charge in [0.1, 0.15) is 0 Å². The molecule has 0 radical (unpaired) electrons. The molecule has 13 heavy (non-hydrogen) atoms. The molecule has 0 amide bonds. The van der Waals surface area contributed by atoms with E-state index in [1.54, 1.807) is 6.08 Å². The van der Waals surface area contributed by atoms with Gasteiger partial charge in [0.15, 0.2) is 0 Å². The number of benzene rings is 1. The van der Waals surface area contributed by atoms with E-state index in [2.05, 4.69) is 4.18 Å². The number of hydrogen-bond acceptors (Lipinski definition) is 3. The Morgan fingerprint density at radius 2 is 1.85 bits per heavy atom. The molecule has 1 aromatic carbocycles. The van der Waals surface area contributed by atoms with E-state index in [0.717, 1.165) is 5.56 Å². The molecule has 0 heterocycles. The Balaban J connectivity index is 2.61. The summed E-state index contributed by atoms with van der Waals surface area (Å²) in [7, 11) is -3.26. The molecule has 1 aromatic rings. The SMILES string of the molecule is O=[S](=O)([Zn])OC=Cc1ccccc1. The molecular weight excluding hydrogens is 242 g/mol. The molecule has 65 valence electrons. The van der Waals surface area contributed by atoms with Gasteiger partial charge in [0.05, 0.1) is 0 Å². The molecule has 1 rings (SSSR count). The van der Waals surface area contributed by atoms with Crippen molar-refractivity contribution in [1.82, 2.24) is 0 Å². The Morgan fingerprint density at radius 3 is 2.38 bits per heavy atom. The predicted octanol–water partition coefficient (Wildman–Crippen LogP) is 1.47. The molecule has 0 aliphatic carbocycles. The van der Waals surface area contributed by atoms with E-state index in [1.807, 2.05) is 30.3 Å². The van der Waals surface area contributed by atoms with Gasteiger partial charge in [0.2, 0.25) is 0 Å². The first-order valence-electron chi connectivity index (χ1n) is 3.56. The van der Waals surface area contributed by atoms with Crippen molar-refractivity contribution in [2.75, 3.05) is 0 Å². The fraction of sp³-hybridized carbons (Fsp3) is 0. The third-order valence-corrected chi connectivity index (χ3v) is 2.52. The standard InChI is InChI=1S/C8H7O3S.Zn/c9-12(10)11-7-6-8-4-2-1-3-5-8;/h1-7H;. The van der Waals surface area contributed by atoms with Crippen LogP contribution in [-0.2, 0) is 29.4 Å². The van der Waals surface area contributed by atoms with E-state index >= 15 is 0 Å². The van der Waals surface area contributed by atoms with Gasteiger partial charge < -0.3 is 0 Å². The molecule has 0 saturated carbocycles. The topological polar surface area (TPSA) is 43.4 Å². The van der Waals surface area contributed by atoms with E-state index < -0.39 is 8.11 Å². The van der Waals surface area contributed by atoms with Gasteiger partial charge in [0.25, 0.3) is 0 Å². The van der Waals surface area contributed by atoms with Gasteiger partial charge in [0, 0.05) is 0 Å². The number of hydrogen-bond donors (Lipinski definition) is 0. The molecule has 5 heteroatoms. The van der Waals surface area contributed by atoms with Crippen molar-refractivity contribution >= 4 is 14.2 Å². The molecule has 0 saturated heterocycles. The second-order valence-electron chi connectivity index (χ2n) is 2.37. The molecule has 0 unspecified atom stereocenters. The van der Waals surface area contributed by atoms with Crippen molar-refractivity contribution < 1.29 is 29.7 Å². The predicted molar refractivity (Wildman–Crippen MR) is 45.5 cm³/mol. The zero-order valence-corrected chi connectivity index (χ0v) is 10.7. The molecule has 3 nitrogen and oxygen atoms in total. The van der Waals surface area contributed by atoms with Crippen LogP contribution in [-0.4, -0.2) is 8.42 Å². The van der Waals surface area contributed by atoms with Crippen LogP contribution in [0.2, 0.25) is 0 Å². The first kappa shape index (κ1) is 10.4. The third-order valence-electron chi connectivity index (χ3n) is 1.26. The normalized spacial score (nSPS) is 11.8. The maximum absolute atomic E-state index is 10.6. The Morgan fingerprint density at radius 1 is 1.23 bits per heavy atom. The molecule has 0 fully saturated rings. The van der Waals surface area contributed by atoms with Gasteiger partial charge in [-0.1, -0.05) is 0 Å². The summed E-state index contributed by atoms with van der Waals surface area (Å²) in [6.45, 7) is 0. The van der Waals surface area contributed by atoms with Gasteiger partial charge >= 0.3 is 86.0 Å². The van der Waals surface area contributed by atoms with Gasteiger partial charge in [-0.15, -0.1) is 0 Å². The maximum atomic E-state index is 10.6. The summed E-state index contributed by atoms with van der Waals surface area (Å²) in [6.07, 6.45) is 2.79. The zero-order chi connectivity index (χ0) is 9.73. The molecule has 0 aromatic heterocycles. The molecule has 0 atom stereocenters. The third kappa shape index (κ3) is 4.81. The first-order valence-corrected chi connectivity index (χ1v) is 8.77. The van der Waals surface area contributed by atoms with Crippen molar-refractivity contribution in [2.45, 2.75) is 0 Å². The Hall–Kier alpha value is -0.667. The summed E-state index contributed by atoms with van der Waals surface area (Å²) in [4.78, 5) is 0. The van der Waals surface area contributed by atoms with E-state index in [-0.39, 0.29) is 17.1 Å². The Labute approximate surface area is 86.1 Å². The van der Waals surface area contributed by atoms with Crippen LogP contribution in [0.1, 0.15) is 5.56 Å². The summed E-state index contributed by atoms with van der Waals surface area (Å²) in [6, 6.07) is 9.35. The minimum atomic E-state index is -3.26. The molecule has 0 spiro atoms. The summed E-state index contributed by atoms with van der Waals surface area (Å²) in [5, 5.41) is 0. The fourth-order valence-corrected chi connectivity index (χ4v) is 1.47. The first-order chi connectivity index (χ1) is 6.08. The Bertz CT molecular complexity index is 383. The second-order valence-corrected chi connectivity index (χ2v) is 8.13. The quantitative estimate of drug-likeness (QED) is 0.601. The summed E-state index contributed by atoms with van der Waals surface area (Å²) in [5.41, 5.74) is 0.908. The Kier molecular flexibility index (Phi) is 3.63. The van der Waals surface area contributed by atoms with Crippen molar-refractivity contribution in [3.8, 4) is 0 Å². The van der Waals surface area contributed by atoms with Crippen LogP contribution in [0.5, 0.6) is 0 Å². The fourth-order valence-electron chi connectivity index (χ4n) is 0.755. The van der Waals surface area contributed by atoms with Crippen LogP contribution >= 0.6 is 0 Å². The average Bonchev–Trinajstić information content (AvgIpc) is 2.04. The van der Waals surface area contributed by atoms with E-state index in [1.165, 1.54) is 6.26 Å². The van der Waals surface area contributed by atoms with Crippen LogP contribution in [0.15, 0.2) is 36.6 Å². The summed E-state index contributed by atoms with van der Waals surface area (Å²) < 4.78 is 25.7. The van der Waals surface area contributed by atoms with Crippen molar-refractivity contribution in [1.29, 1.82) is 0 Å². The van der Waals surface area contributed by atoms with Crippen LogP contribution in [0, 0.1) is 0 Å². The van der Waals surface area contributed by atoms with E-state index in [0.29, 0.717) is 0 Å². The monoisotopic (exact) mass is 247 g/mol. The molecule has 0 aliphatic rings.